The van der Waals surface area contributed by atoms with Gasteiger partial charge in [-0.25, -0.2) is 4.98 Å². The van der Waals surface area contributed by atoms with Gasteiger partial charge in [0.15, 0.2) is 0 Å². The summed E-state index contributed by atoms with van der Waals surface area (Å²) in [6, 6.07) is 47.3. The van der Waals surface area contributed by atoms with Crippen LogP contribution in [0.15, 0.2) is 146 Å². The van der Waals surface area contributed by atoms with Gasteiger partial charge in [-0.2, -0.15) is 0 Å². The van der Waals surface area contributed by atoms with E-state index in [0.29, 0.717) is 0 Å². The van der Waals surface area contributed by atoms with Crippen molar-refractivity contribution in [2.75, 3.05) is 0 Å². The van der Waals surface area contributed by atoms with Crippen molar-refractivity contribution in [1.82, 2.24) is 9.97 Å². The molecule has 2 nitrogen and oxygen atoms in total. The third-order valence-electron chi connectivity index (χ3n) is 7.15. The van der Waals surface area contributed by atoms with E-state index in [9.17, 15) is 0 Å². The molecule has 0 atom stereocenters. The van der Waals surface area contributed by atoms with Crippen LogP contribution in [-0.2, 0) is 0 Å². The van der Waals surface area contributed by atoms with Gasteiger partial charge >= 0.3 is 0 Å². The predicted molar refractivity (Wildman–Crippen MR) is 159 cm³/mol. The normalized spacial score (nSPS) is 11.2. The summed E-state index contributed by atoms with van der Waals surface area (Å²) < 4.78 is 0. The first-order chi connectivity index (χ1) is 18.8. The Kier molecular flexibility index (Phi) is 5.49. The SMILES string of the molecule is c1ccc2cc(-c3cc(-c4ccc(-c5ccncc5)cc4)cc(-c4ccc5ccccc5c4)n3)ccc2c1. The number of hydrogen-bond acceptors (Lipinski definition) is 2. The van der Waals surface area contributed by atoms with Crippen molar-refractivity contribution in [1.29, 1.82) is 0 Å². The van der Waals surface area contributed by atoms with E-state index in [-0.39, 0.29) is 0 Å². The Morgan fingerprint density at radius 2 is 0.737 bits per heavy atom. The van der Waals surface area contributed by atoms with Crippen LogP contribution < -0.4 is 0 Å². The van der Waals surface area contributed by atoms with Crippen molar-refractivity contribution in [3.05, 3.63) is 146 Å². The topological polar surface area (TPSA) is 25.8 Å². The first-order valence-corrected chi connectivity index (χ1v) is 12.8. The molecule has 2 heterocycles. The zero-order valence-corrected chi connectivity index (χ0v) is 20.8. The molecule has 178 valence electrons. The summed E-state index contributed by atoms with van der Waals surface area (Å²) in [5.41, 5.74) is 8.80. The van der Waals surface area contributed by atoms with Gasteiger partial charge in [-0.3, -0.25) is 4.98 Å². The highest BCUT2D eigenvalue weighted by Crippen LogP contribution is 2.33. The maximum Gasteiger partial charge on any atom is 0.0715 e. The van der Waals surface area contributed by atoms with Gasteiger partial charge in [0.1, 0.15) is 0 Å². The molecule has 0 amide bonds. The Morgan fingerprint density at radius 1 is 0.316 bits per heavy atom. The van der Waals surface area contributed by atoms with E-state index < -0.39 is 0 Å². The Hall–Kier alpha value is -5.08. The van der Waals surface area contributed by atoms with Gasteiger partial charge in [0.25, 0.3) is 0 Å². The summed E-state index contributed by atoms with van der Waals surface area (Å²) >= 11 is 0. The fraction of sp³-hybridized carbons (Fsp3) is 0. The minimum absolute atomic E-state index is 0.967. The van der Waals surface area contributed by atoms with Gasteiger partial charge in [0.05, 0.1) is 11.4 Å². The van der Waals surface area contributed by atoms with E-state index >= 15 is 0 Å². The molecule has 5 aromatic carbocycles. The molecule has 0 aliphatic carbocycles. The molecule has 2 aromatic heterocycles. The van der Waals surface area contributed by atoms with Gasteiger partial charge < -0.3 is 0 Å². The Labute approximate surface area is 221 Å². The molecule has 0 bridgehead atoms. The van der Waals surface area contributed by atoms with Crippen LogP contribution in [0, 0.1) is 0 Å². The second-order valence-electron chi connectivity index (χ2n) is 9.56. The van der Waals surface area contributed by atoms with E-state index in [1.807, 2.05) is 24.5 Å². The lowest BCUT2D eigenvalue weighted by molar-refractivity contribution is 1.32. The summed E-state index contributed by atoms with van der Waals surface area (Å²) in [5.74, 6) is 0. The molecule has 0 aliphatic heterocycles. The Bertz CT molecular complexity index is 1810. The molecular weight excluding hydrogens is 460 g/mol. The molecule has 0 spiro atoms. The van der Waals surface area contributed by atoms with Crippen LogP contribution in [0.25, 0.3) is 66.3 Å². The summed E-state index contributed by atoms with van der Waals surface area (Å²) in [4.78, 5) is 9.32. The average Bonchev–Trinajstić information content (AvgIpc) is 3.01. The van der Waals surface area contributed by atoms with E-state index in [2.05, 4.69) is 126 Å². The van der Waals surface area contributed by atoms with Crippen molar-refractivity contribution in [2.45, 2.75) is 0 Å². The van der Waals surface area contributed by atoms with E-state index in [1.165, 1.54) is 27.1 Å². The van der Waals surface area contributed by atoms with Gasteiger partial charge in [-0.15, -0.1) is 0 Å². The zero-order chi connectivity index (χ0) is 25.3. The summed E-state index contributed by atoms with van der Waals surface area (Å²) in [5, 5.41) is 4.89. The lowest BCUT2D eigenvalue weighted by Crippen LogP contribution is -1.92. The fourth-order valence-corrected chi connectivity index (χ4v) is 5.09. The van der Waals surface area contributed by atoms with Crippen LogP contribution in [0.4, 0.5) is 0 Å². The highest BCUT2D eigenvalue weighted by atomic mass is 14.7. The van der Waals surface area contributed by atoms with Crippen molar-refractivity contribution in [3.8, 4) is 44.8 Å². The van der Waals surface area contributed by atoms with Gasteiger partial charge in [0, 0.05) is 23.5 Å². The number of hydrogen-bond donors (Lipinski definition) is 0. The molecule has 0 radical (unpaired) electrons. The van der Waals surface area contributed by atoms with Crippen LogP contribution in [0.2, 0.25) is 0 Å². The fourth-order valence-electron chi connectivity index (χ4n) is 5.09. The number of nitrogens with zero attached hydrogens (tertiary/aromatic N) is 2. The monoisotopic (exact) mass is 484 g/mol. The Morgan fingerprint density at radius 3 is 1.26 bits per heavy atom. The molecule has 0 saturated carbocycles. The molecular formula is C36H24N2. The quantitative estimate of drug-likeness (QED) is 0.249. The number of rotatable bonds is 4. The highest BCUT2D eigenvalue weighted by Gasteiger charge is 2.11. The number of benzene rings is 5. The first kappa shape index (κ1) is 22.1. The van der Waals surface area contributed by atoms with Crippen molar-refractivity contribution < 1.29 is 0 Å². The van der Waals surface area contributed by atoms with Gasteiger partial charge in [-0.05, 0) is 80.2 Å². The van der Waals surface area contributed by atoms with Crippen LogP contribution in [0.5, 0.6) is 0 Å². The molecule has 0 fully saturated rings. The van der Waals surface area contributed by atoms with Crippen LogP contribution in [0.3, 0.4) is 0 Å². The molecule has 0 unspecified atom stereocenters. The summed E-state index contributed by atoms with van der Waals surface area (Å²) in [6.45, 7) is 0. The standard InChI is InChI=1S/C36H24N2/c1-3-7-30-21-32(15-13-25(30)5-1)35-23-34(28-11-9-27(10-12-28)29-17-19-37-20-18-29)24-36(38-35)33-16-14-26-6-2-4-8-31(26)22-33/h1-24H. The van der Waals surface area contributed by atoms with Gasteiger partial charge in [-0.1, -0.05) is 97.1 Å². The maximum atomic E-state index is 5.17. The van der Waals surface area contributed by atoms with Gasteiger partial charge in [0.2, 0.25) is 0 Å². The average molecular weight is 485 g/mol. The van der Waals surface area contributed by atoms with Crippen molar-refractivity contribution in [2.24, 2.45) is 0 Å². The molecule has 7 rings (SSSR count). The van der Waals surface area contributed by atoms with Crippen LogP contribution >= 0.6 is 0 Å². The first-order valence-electron chi connectivity index (χ1n) is 12.8. The molecule has 0 N–H and O–H groups in total. The summed E-state index contributed by atoms with van der Waals surface area (Å²) in [7, 11) is 0. The third-order valence-corrected chi connectivity index (χ3v) is 7.15. The second kappa shape index (κ2) is 9.42. The number of pyridine rings is 2. The van der Waals surface area contributed by atoms with E-state index in [1.54, 1.807) is 0 Å². The van der Waals surface area contributed by atoms with E-state index in [4.69, 9.17) is 4.98 Å². The number of aromatic nitrogens is 2. The minimum atomic E-state index is 0.967. The molecule has 2 heteroatoms. The maximum absolute atomic E-state index is 5.17. The molecule has 0 aliphatic rings. The molecule has 0 saturated heterocycles. The largest absolute Gasteiger partial charge is 0.265 e. The Balaban J connectivity index is 1.38. The van der Waals surface area contributed by atoms with Crippen molar-refractivity contribution in [3.63, 3.8) is 0 Å². The zero-order valence-electron chi connectivity index (χ0n) is 20.8. The lowest BCUT2D eigenvalue weighted by Gasteiger charge is -2.12. The van der Waals surface area contributed by atoms with Crippen LogP contribution in [-0.4, -0.2) is 9.97 Å². The third kappa shape index (κ3) is 4.23. The smallest absolute Gasteiger partial charge is 0.0715 e. The summed E-state index contributed by atoms with van der Waals surface area (Å²) in [6.07, 6.45) is 3.66. The lowest BCUT2D eigenvalue weighted by atomic mass is 9.96. The second-order valence-corrected chi connectivity index (χ2v) is 9.56. The van der Waals surface area contributed by atoms with E-state index in [0.717, 1.165) is 39.2 Å². The predicted octanol–water partition coefficient (Wildman–Crippen LogP) is 9.45. The highest BCUT2D eigenvalue weighted by molar-refractivity contribution is 5.90. The molecule has 7 aromatic rings. The van der Waals surface area contributed by atoms with Crippen LogP contribution in [0.1, 0.15) is 0 Å². The molecule has 38 heavy (non-hydrogen) atoms. The van der Waals surface area contributed by atoms with Crippen molar-refractivity contribution >= 4 is 21.5 Å². The minimum Gasteiger partial charge on any atom is -0.265 e. The number of fused-ring (bicyclic) bond motifs is 2.